The number of anilines is 1. The van der Waals surface area contributed by atoms with Gasteiger partial charge in [-0.2, -0.15) is 10.1 Å². The van der Waals surface area contributed by atoms with Gasteiger partial charge in [0.2, 0.25) is 5.82 Å². The van der Waals surface area contributed by atoms with Crippen molar-refractivity contribution in [2.24, 2.45) is 0 Å². The Labute approximate surface area is 190 Å². The highest BCUT2D eigenvalue weighted by Crippen LogP contribution is 2.26. The monoisotopic (exact) mass is 468 g/mol. The van der Waals surface area contributed by atoms with Gasteiger partial charge in [0.25, 0.3) is 0 Å². The fourth-order valence-electron chi connectivity index (χ4n) is 3.40. The molecule has 1 saturated heterocycles. The van der Waals surface area contributed by atoms with Crippen LogP contribution in [0.1, 0.15) is 17.6 Å². The molecule has 1 amide bonds. The number of carbonyl (C=O) groups excluding carboxylic acids is 2. The van der Waals surface area contributed by atoms with E-state index in [1.54, 1.807) is 23.9 Å². The maximum Gasteiger partial charge on any atom is 0.414 e. The van der Waals surface area contributed by atoms with Crippen molar-refractivity contribution in [2.45, 2.75) is 19.6 Å². The number of cyclic esters (lactones) is 1. The van der Waals surface area contributed by atoms with Crippen molar-refractivity contribution in [3.63, 3.8) is 0 Å². The molecule has 1 fully saturated rings. The van der Waals surface area contributed by atoms with E-state index >= 15 is 0 Å². The lowest BCUT2D eigenvalue weighted by atomic mass is 10.2. The number of benzene rings is 1. The highest BCUT2D eigenvalue weighted by Gasteiger charge is 2.33. The lowest BCUT2D eigenvalue weighted by molar-refractivity contribution is 0.0470. The topological polar surface area (TPSA) is 143 Å². The summed E-state index contributed by atoms with van der Waals surface area (Å²) in [5.41, 5.74) is 0.884. The summed E-state index contributed by atoms with van der Waals surface area (Å²) < 4.78 is 32.8. The smallest absolute Gasteiger partial charge is 0.414 e. The van der Waals surface area contributed by atoms with Crippen LogP contribution in [0.4, 0.5) is 14.9 Å². The van der Waals surface area contributed by atoms with Gasteiger partial charge in [0.15, 0.2) is 5.82 Å². The van der Waals surface area contributed by atoms with Crippen molar-refractivity contribution in [2.75, 3.05) is 18.1 Å². The minimum atomic E-state index is -0.737. The van der Waals surface area contributed by atoms with Crippen molar-refractivity contribution >= 4 is 17.7 Å². The van der Waals surface area contributed by atoms with Crippen LogP contribution < -0.4 is 4.90 Å². The molecule has 4 heterocycles. The van der Waals surface area contributed by atoms with Crippen LogP contribution >= 0.6 is 0 Å². The van der Waals surface area contributed by atoms with Gasteiger partial charge in [0.1, 0.15) is 11.8 Å². The number of hydrogen-bond donors (Lipinski definition) is 0. The first-order chi connectivity index (χ1) is 16.5. The fraction of sp³-hybridized carbons (Fsp3) is 0.250. The molecule has 0 bridgehead atoms. The summed E-state index contributed by atoms with van der Waals surface area (Å²) in [6, 6.07) is 4.30. The van der Waals surface area contributed by atoms with E-state index in [1.807, 2.05) is 0 Å². The molecule has 0 unspecified atom stereocenters. The van der Waals surface area contributed by atoms with E-state index in [0.717, 1.165) is 0 Å². The van der Waals surface area contributed by atoms with Crippen molar-refractivity contribution in [3.05, 3.63) is 54.7 Å². The third-order valence-corrected chi connectivity index (χ3v) is 4.94. The second-order valence-electron chi connectivity index (χ2n) is 7.19. The predicted octanol–water partition coefficient (Wildman–Crippen LogP) is 1.85. The van der Waals surface area contributed by atoms with E-state index in [0.29, 0.717) is 17.8 Å². The van der Waals surface area contributed by atoms with E-state index in [9.17, 15) is 14.0 Å². The lowest BCUT2D eigenvalue weighted by Crippen LogP contribution is -2.26. The minimum absolute atomic E-state index is 0.101. The third kappa shape index (κ3) is 4.07. The van der Waals surface area contributed by atoms with Gasteiger partial charge in [0, 0.05) is 12.4 Å². The molecule has 0 spiro atoms. The molecule has 1 aliphatic rings. The van der Waals surface area contributed by atoms with E-state index < -0.39 is 24.0 Å². The Morgan fingerprint density at radius 2 is 2.24 bits per heavy atom. The van der Waals surface area contributed by atoms with Crippen LogP contribution in [-0.2, 0) is 16.0 Å². The molecule has 0 N–H and O–H groups in total. The summed E-state index contributed by atoms with van der Waals surface area (Å²) >= 11 is 0. The van der Waals surface area contributed by atoms with Gasteiger partial charge in [-0.1, -0.05) is 10.4 Å². The maximum atomic E-state index is 15.0. The van der Waals surface area contributed by atoms with Crippen molar-refractivity contribution in [1.82, 2.24) is 34.9 Å². The number of esters is 1. The van der Waals surface area contributed by atoms with Gasteiger partial charge in [-0.25, -0.2) is 23.3 Å². The molecule has 13 nitrogen and oxygen atoms in total. The van der Waals surface area contributed by atoms with Crippen LogP contribution in [0.3, 0.4) is 0 Å². The first kappa shape index (κ1) is 21.2. The predicted molar refractivity (Wildman–Crippen MR) is 110 cm³/mol. The number of ether oxygens (including phenoxy) is 2. The molecule has 1 aromatic carbocycles. The van der Waals surface area contributed by atoms with E-state index in [1.165, 1.54) is 40.3 Å². The van der Waals surface area contributed by atoms with Gasteiger partial charge >= 0.3 is 18.0 Å². The second-order valence-corrected chi connectivity index (χ2v) is 7.19. The van der Waals surface area contributed by atoms with Gasteiger partial charge in [-0.15, -0.1) is 5.10 Å². The number of halogens is 1. The van der Waals surface area contributed by atoms with Crippen LogP contribution in [0.15, 0.2) is 47.5 Å². The zero-order valence-electron chi connectivity index (χ0n) is 17.7. The molecule has 0 aliphatic carbocycles. The first-order valence-electron chi connectivity index (χ1n) is 10.2. The molecule has 174 valence electrons. The summed E-state index contributed by atoms with van der Waals surface area (Å²) in [7, 11) is 0. The summed E-state index contributed by atoms with van der Waals surface area (Å²) in [5.74, 6) is -1.54. The highest BCUT2D eigenvalue weighted by atomic mass is 19.1. The van der Waals surface area contributed by atoms with E-state index in [2.05, 4.69) is 25.6 Å². The molecule has 14 heteroatoms. The molecule has 5 rings (SSSR count). The van der Waals surface area contributed by atoms with Crippen LogP contribution in [0.5, 0.6) is 0 Å². The van der Waals surface area contributed by atoms with Crippen molar-refractivity contribution < 1.29 is 28.0 Å². The van der Waals surface area contributed by atoms with Gasteiger partial charge in [-0.05, 0) is 25.1 Å². The van der Waals surface area contributed by atoms with Gasteiger partial charge in [0.05, 0.1) is 43.3 Å². The summed E-state index contributed by atoms with van der Waals surface area (Å²) in [4.78, 5) is 29.3. The zero-order valence-corrected chi connectivity index (χ0v) is 17.7. The maximum absolute atomic E-state index is 15.0. The third-order valence-electron chi connectivity index (χ3n) is 4.94. The molecular formula is C20H17FN8O5. The number of hydrogen-bond acceptors (Lipinski definition) is 10. The quantitative estimate of drug-likeness (QED) is 0.369. The molecule has 0 saturated carbocycles. The molecule has 34 heavy (non-hydrogen) atoms. The first-order valence-corrected chi connectivity index (χ1v) is 10.2. The minimum Gasteiger partial charge on any atom is -0.459 e. The number of amides is 1. The molecule has 3 aromatic heterocycles. The van der Waals surface area contributed by atoms with E-state index in [4.69, 9.17) is 14.0 Å². The average Bonchev–Trinajstić information content (AvgIpc) is 3.61. The lowest BCUT2D eigenvalue weighted by Gasteiger charge is -2.14. The largest absolute Gasteiger partial charge is 0.459 e. The Morgan fingerprint density at radius 1 is 1.35 bits per heavy atom. The number of rotatable bonds is 7. The Bertz CT molecular complexity index is 1330. The Balaban J connectivity index is 1.31. The molecule has 4 aromatic rings. The Hall–Kier alpha value is -4.62. The van der Waals surface area contributed by atoms with Crippen LogP contribution in [0.25, 0.3) is 17.1 Å². The Kier molecular flexibility index (Phi) is 5.45. The zero-order chi connectivity index (χ0) is 23.7. The molecular weight excluding hydrogens is 451 g/mol. The SMILES string of the molecule is CCOC(=O)c1nc(-c2cnn(-c3ccc(N4C[C@H](Cn5ccnn5)OC4=O)cc3F)c2)no1. The summed E-state index contributed by atoms with van der Waals surface area (Å²) in [5, 5.41) is 15.4. The summed E-state index contributed by atoms with van der Waals surface area (Å²) in [6.07, 6.45) is 5.06. The van der Waals surface area contributed by atoms with Crippen LogP contribution in [-0.4, -0.2) is 66.2 Å². The molecule has 0 radical (unpaired) electrons. The van der Waals surface area contributed by atoms with Gasteiger partial charge < -0.3 is 14.0 Å². The van der Waals surface area contributed by atoms with Crippen molar-refractivity contribution in [1.29, 1.82) is 0 Å². The van der Waals surface area contributed by atoms with Crippen LogP contribution in [0.2, 0.25) is 0 Å². The fourth-order valence-corrected chi connectivity index (χ4v) is 3.40. The Morgan fingerprint density at radius 3 is 3.00 bits per heavy atom. The highest BCUT2D eigenvalue weighted by molar-refractivity contribution is 5.89. The van der Waals surface area contributed by atoms with Gasteiger partial charge in [-0.3, -0.25) is 4.90 Å². The van der Waals surface area contributed by atoms with Crippen LogP contribution in [0, 0.1) is 5.82 Å². The molecule has 1 atom stereocenters. The number of carbonyl (C=O) groups is 2. The van der Waals surface area contributed by atoms with E-state index in [-0.39, 0.29) is 30.6 Å². The van der Waals surface area contributed by atoms with Crippen molar-refractivity contribution in [3.8, 4) is 17.1 Å². The standard InChI is InChI=1S/C20H17FN8O5/c1-2-32-19(30)18-24-17(25-34-18)12-8-23-29(9-12)16-4-3-13(7-15(16)21)28-11-14(33-20(28)31)10-27-6-5-22-26-27/h3-9,14H,2,10-11H2,1H3/t14-/m0/s1. The number of aromatic nitrogens is 7. The molecule has 1 aliphatic heterocycles. The summed E-state index contributed by atoms with van der Waals surface area (Å²) in [6.45, 7) is 2.40. The average molecular weight is 468 g/mol. The second kappa shape index (κ2) is 8.73. The number of nitrogens with zero attached hydrogens (tertiary/aromatic N) is 8. The normalized spacial score (nSPS) is 15.5.